The van der Waals surface area contributed by atoms with E-state index < -0.39 is 6.04 Å². The Bertz CT molecular complexity index is 955. The van der Waals surface area contributed by atoms with E-state index in [-0.39, 0.29) is 36.4 Å². The fraction of sp³-hybridized carbons (Fsp3) is 0.318. The molecule has 0 radical (unpaired) electrons. The first-order chi connectivity index (χ1) is 14.5. The second-order valence-electron chi connectivity index (χ2n) is 7.44. The molecular formula is C22H23FN4O3. The van der Waals surface area contributed by atoms with Gasteiger partial charge >= 0.3 is 0 Å². The van der Waals surface area contributed by atoms with Gasteiger partial charge in [0, 0.05) is 38.3 Å². The molecule has 30 heavy (non-hydrogen) atoms. The van der Waals surface area contributed by atoms with Gasteiger partial charge in [0.2, 0.25) is 11.8 Å². The highest BCUT2D eigenvalue weighted by Gasteiger charge is 2.29. The van der Waals surface area contributed by atoms with Gasteiger partial charge in [0.1, 0.15) is 11.9 Å². The first-order valence-electron chi connectivity index (χ1n) is 10.0. The molecule has 0 aromatic heterocycles. The van der Waals surface area contributed by atoms with Crippen molar-refractivity contribution >= 4 is 29.1 Å². The van der Waals surface area contributed by atoms with E-state index in [0.717, 1.165) is 5.69 Å². The van der Waals surface area contributed by atoms with Crippen LogP contribution in [0.25, 0.3) is 0 Å². The molecule has 8 heteroatoms. The van der Waals surface area contributed by atoms with E-state index in [1.165, 1.54) is 12.1 Å². The van der Waals surface area contributed by atoms with Gasteiger partial charge < -0.3 is 20.4 Å². The number of fused-ring (bicyclic) bond motifs is 1. The number of halogens is 1. The average molecular weight is 410 g/mol. The summed E-state index contributed by atoms with van der Waals surface area (Å²) in [4.78, 5) is 41.3. The summed E-state index contributed by atoms with van der Waals surface area (Å²) in [5.74, 6) is -0.959. The summed E-state index contributed by atoms with van der Waals surface area (Å²) in [7, 11) is 0. The summed E-state index contributed by atoms with van der Waals surface area (Å²) in [6.07, 6.45) is 0.411. The predicted molar refractivity (Wildman–Crippen MR) is 111 cm³/mol. The first-order valence-corrected chi connectivity index (χ1v) is 10.0. The lowest BCUT2D eigenvalue weighted by Gasteiger charge is -2.36. The number of carbonyl (C=O) groups is 3. The lowest BCUT2D eigenvalue weighted by atomic mass is 10.1. The third-order valence-electron chi connectivity index (χ3n) is 5.52. The van der Waals surface area contributed by atoms with Crippen LogP contribution in [0.5, 0.6) is 0 Å². The molecule has 3 amide bonds. The van der Waals surface area contributed by atoms with Gasteiger partial charge in [-0.3, -0.25) is 14.4 Å². The maximum absolute atomic E-state index is 13.1. The minimum absolute atomic E-state index is 0.0439. The van der Waals surface area contributed by atoms with Gasteiger partial charge in [-0.15, -0.1) is 0 Å². The van der Waals surface area contributed by atoms with Gasteiger partial charge in [-0.05, 0) is 42.8 Å². The third kappa shape index (κ3) is 4.27. The zero-order chi connectivity index (χ0) is 21.1. The van der Waals surface area contributed by atoms with Crippen LogP contribution in [0.4, 0.5) is 15.8 Å². The minimum atomic E-state index is -0.755. The van der Waals surface area contributed by atoms with Crippen LogP contribution in [0.1, 0.15) is 23.2 Å². The summed E-state index contributed by atoms with van der Waals surface area (Å²) in [6.45, 7) is 2.44. The summed E-state index contributed by atoms with van der Waals surface area (Å²) < 4.78 is 13.1. The van der Waals surface area contributed by atoms with E-state index in [4.69, 9.17) is 0 Å². The van der Waals surface area contributed by atoms with Crippen LogP contribution in [0.15, 0.2) is 48.5 Å². The van der Waals surface area contributed by atoms with Crippen LogP contribution >= 0.6 is 0 Å². The van der Waals surface area contributed by atoms with Crippen LogP contribution in [0, 0.1) is 5.82 Å². The van der Waals surface area contributed by atoms with Crippen molar-refractivity contribution in [1.29, 1.82) is 0 Å². The minimum Gasteiger partial charge on any atom is -0.368 e. The van der Waals surface area contributed by atoms with E-state index >= 15 is 0 Å². The Morgan fingerprint density at radius 1 is 1.00 bits per heavy atom. The van der Waals surface area contributed by atoms with Crippen LogP contribution in [-0.2, 0) is 9.59 Å². The molecule has 0 bridgehead atoms. The average Bonchev–Trinajstić information content (AvgIpc) is 2.88. The number of para-hydroxylation sites is 1. The van der Waals surface area contributed by atoms with Gasteiger partial charge in [-0.25, -0.2) is 4.39 Å². The Morgan fingerprint density at radius 2 is 1.70 bits per heavy atom. The Labute approximate surface area is 173 Å². The summed E-state index contributed by atoms with van der Waals surface area (Å²) >= 11 is 0. The number of nitrogens with one attached hydrogen (secondary N) is 2. The second kappa shape index (κ2) is 8.52. The SMILES string of the molecule is O=C1NC(CCC(=O)N2CCN(c3ccc(F)cc3)CC2)C(=O)Nc2ccccc21. The molecule has 1 saturated heterocycles. The Kier molecular flexibility index (Phi) is 5.65. The third-order valence-corrected chi connectivity index (χ3v) is 5.52. The van der Waals surface area contributed by atoms with Crippen molar-refractivity contribution in [3.8, 4) is 0 Å². The number of amides is 3. The van der Waals surface area contributed by atoms with Gasteiger partial charge in [0.05, 0.1) is 11.3 Å². The van der Waals surface area contributed by atoms with Crippen molar-refractivity contribution in [2.24, 2.45) is 0 Å². The van der Waals surface area contributed by atoms with Gasteiger partial charge in [-0.2, -0.15) is 0 Å². The number of rotatable bonds is 4. The highest BCUT2D eigenvalue weighted by atomic mass is 19.1. The number of hydrogen-bond acceptors (Lipinski definition) is 4. The molecule has 2 aromatic carbocycles. The van der Waals surface area contributed by atoms with Crippen molar-refractivity contribution in [3.63, 3.8) is 0 Å². The lowest BCUT2D eigenvalue weighted by molar-refractivity contribution is -0.131. The number of benzene rings is 2. The molecule has 0 spiro atoms. The number of nitrogens with zero attached hydrogens (tertiary/aromatic N) is 2. The van der Waals surface area contributed by atoms with Crippen LogP contribution in [-0.4, -0.2) is 54.8 Å². The van der Waals surface area contributed by atoms with Gasteiger partial charge in [0.15, 0.2) is 0 Å². The smallest absolute Gasteiger partial charge is 0.254 e. The predicted octanol–water partition coefficient (Wildman–Crippen LogP) is 2.01. The van der Waals surface area contributed by atoms with Crippen LogP contribution in [0.3, 0.4) is 0 Å². The Morgan fingerprint density at radius 3 is 2.43 bits per heavy atom. The van der Waals surface area contributed by atoms with E-state index in [0.29, 0.717) is 37.4 Å². The molecule has 1 unspecified atom stereocenters. The fourth-order valence-electron chi connectivity index (χ4n) is 3.81. The highest BCUT2D eigenvalue weighted by Crippen LogP contribution is 2.20. The number of carbonyl (C=O) groups excluding carboxylic acids is 3. The van der Waals surface area contributed by atoms with Gasteiger partial charge in [-0.1, -0.05) is 12.1 Å². The lowest BCUT2D eigenvalue weighted by Crippen LogP contribution is -2.49. The molecule has 0 aliphatic carbocycles. The maximum Gasteiger partial charge on any atom is 0.254 e. The highest BCUT2D eigenvalue weighted by molar-refractivity contribution is 6.09. The van der Waals surface area contributed by atoms with Crippen molar-refractivity contribution < 1.29 is 18.8 Å². The summed E-state index contributed by atoms with van der Waals surface area (Å²) in [6, 6.07) is 12.4. The van der Waals surface area contributed by atoms with Crippen molar-refractivity contribution in [2.45, 2.75) is 18.9 Å². The number of hydrogen-bond donors (Lipinski definition) is 2. The zero-order valence-corrected chi connectivity index (χ0v) is 16.4. The maximum atomic E-state index is 13.1. The van der Waals surface area contributed by atoms with E-state index in [9.17, 15) is 18.8 Å². The molecule has 0 saturated carbocycles. The number of piperazine rings is 1. The molecular weight excluding hydrogens is 387 g/mol. The summed E-state index contributed by atoms with van der Waals surface area (Å²) in [5, 5.41) is 5.47. The Hall–Kier alpha value is -3.42. The van der Waals surface area contributed by atoms with E-state index in [1.807, 2.05) is 0 Å². The Balaban J connectivity index is 1.29. The van der Waals surface area contributed by atoms with Crippen LogP contribution in [0.2, 0.25) is 0 Å². The fourth-order valence-corrected chi connectivity index (χ4v) is 3.81. The molecule has 156 valence electrons. The molecule has 2 N–H and O–H groups in total. The molecule has 2 aromatic rings. The second-order valence-corrected chi connectivity index (χ2v) is 7.44. The molecule has 2 aliphatic heterocycles. The normalized spacial score (nSPS) is 18.9. The van der Waals surface area contributed by atoms with Crippen LogP contribution < -0.4 is 15.5 Å². The molecule has 2 aliphatic rings. The topological polar surface area (TPSA) is 81.8 Å². The zero-order valence-electron chi connectivity index (χ0n) is 16.4. The van der Waals surface area contributed by atoms with Gasteiger partial charge in [0.25, 0.3) is 5.91 Å². The monoisotopic (exact) mass is 410 g/mol. The van der Waals surface area contributed by atoms with Crippen molar-refractivity contribution in [3.05, 3.63) is 59.9 Å². The van der Waals surface area contributed by atoms with Crippen molar-refractivity contribution in [2.75, 3.05) is 36.4 Å². The first kappa shape index (κ1) is 19.9. The van der Waals surface area contributed by atoms with Crippen molar-refractivity contribution in [1.82, 2.24) is 10.2 Å². The molecule has 1 atom stereocenters. The standard InChI is InChI=1S/C22H23FN4O3/c23-15-5-7-16(8-6-15)26-11-13-27(14-12-26)20(28)10-9-19-22(30)24-18-4-2-1-3-17(18)21(29)25-19/h1-8,19H,9-14H2,(H,24,30)(H,25,29). The molecule has 4 rings (SSSR count). The quantitative estimate of drug-likeness (QED) is 0.808. The molecule has 1 fully saturated rings. The van der Waals surface area contributed by atoms with E-state index in [1.54, 1.807) is 41.3 Å². The largest absolute Gasteiger partial charge is 0.368 e. The number of anilines is 2. The summed E-state index contributed by atoms with van der Waals surface area (Å²) in [5.41, 5.74) is 1.82. The molecule has 2 heterocycles. The molecule has 7 nitrogen and oxygen atoms in total. The van der Waals surface area contributed by atoms with E-state index in [2.05, 4.69) is 15.5 Å².